The van der Waals surface area contributed by atoms with Crippen LogP contribution in [-0.2, 0) is 32.7 Å². The fourth-order valence-electron chi connectivity index (χ4n) is 9.78. The number of phosphoric ester groups is 1. The summed E-state index contributed by atoms with van der Waals surface area (Å²) in [7, 11) is 1.46. The number of nitrogens with zero attached hydrogens (tertiary/aromatic N) is 1. The molecule has 0 saturated heterocycles. The summed E-state index contributed by atoms with van der Waals surface area (Å²) in [4.78, 5) is 35.9. The highest BCUT2D eigenvalue weighted by Crippen LogP contribution is 2.43. The minimum atomic E-state index is -4.41. The zero-order valence-electron chi connectivity index (χ0n) is 58.6. The molecule has 0 aromatic heterocycles. The second kappa shape index (κ2) is 69.2. The first-order chi connectivity index (χ1) is 44.0. The molecular weight excluding hydrogens is 1130 g/mol. The number of allylic oxidation sites excluding steroid dienone is 24. The highest BCUT2D eigenvalue weighted by atomic mass is 31.2. The summed E-state index contributed by atoms with van der Waals surface area (Å²) in [6.07, 6.45) is 102. The Morgan fingerprint density at radius 2 is 0.633 bits per heavy atom. The third-order valence-corrected chi connectivity index (χ3v) is 16.3. The van der Waals surface area contributed by atoms with Crippen molar-refractivity contribution in [3.05, 3.63) is 146 Å². The van der Waals surface area contributed by atoms with E-state index in [1.165, 1.54) is 148 Å². The molecule has 2 atom stereocenters. The molecule has 1 N–H and O–H groups in total. The Morgan fingerprint density at radius 1 is 0.356 bits per heavy atom. The molecule has 0 rings (SSSR count). The van der Waals surface area contributed by atoms with Crippen LogP contribution in [0.1, 0.15) is 296 Å². The quantitative estimate of drug-likeness (QED) is 0.0211. The maximum Gasteiger partial charge on any atom is 0.472 e. The molecule has 0 radical (unpaired) electrons. The van der Waals surface area contributed by atoms with E-state index in [-0.39, 0.29) is 32.0 Å². The Balaban J connectivity index is 4.11. The van der Waals surface area contributed by atoms with Crippen molar-refractivity contribution in [2.24, 2.45) is 0 Å². The molecule has 0 amide bonds. The predicted molar refractivity (Wildman–Crippen MR) is 390 cm³/mol. The second-order valence-electron chi connectivity index (χ2n) is 25.2. The van der Waals surface area contributed by atoms with Gasteiger partial charge in [-0.15, -0.1) is 0 Å². The van der Waals surface area contributed by atoms with Crippen LogP contribution in [0.25, 0.3) is 0 Å². The SMILES string of the molecule is CC/C=C\C/C=C\C/C=C\C/C=C\C/C=C\C/C=C\C/C=C\C/C=C\C/C=C\CCCCCCCCCC(=O)OC(COC(=O)CCCCCCCCCCCCCCCCCC/C=C\C/C=C\C/C=C\CCCCCCC)COP(=O)(O)OCC[N+](C)(C)C. The van der Waals surface area contributed by atoms with E-state index < -0.39 is 26.5 Å². The van der Waals surface area contributed by atoms with Gasteiger partial charge in [0.25, 0.3) is 0 Å². The lowest BCUT2D eigenvalue weighted by molar-refractivity contribution is -0.870. The van der Waals surface area contributed by atoms with E-state index in [1.54, 1.807) is 0 Å². The van der Waals surface area contributed by atoms with Crippen LogP contribution in [0.15, 0.2) is 146 Å². The summed E-state index contributed by atoms with van der Waals surface area (Å²) in [5.41, 5.74) is 0. The van der Waals surface area contributed by atoms with Crippen LogP contribution >= 0.6 is 7.82 Å². The third kappa shape index (κ3) is 72.9. The van der Waals surface area contributed by atoms with Crippen molar-refractivity contribution in [3.63, 3.8) is 0 Å². The van der Waals surface area contributed by atoms with E-state index in [2.05, 4.69) is 160 Å². The van der Waals surface area contributed by atoms with Gasteiger partial charge >= 0.3 is 19.8 Å². The van der Waals surface area contributed by atoms with Crippen LogP contribution in [0.3, 0.4) is 0 Å². The second-order valence-corrected chi connectivity index (χ2v) is 26.7. The number of ether oxygens (including phenoxy) is 2. The van der Waals surface area contributed by atoms with Gasteiger partial charge in [0.2, 0.25) is 0 Å². The lowest BCUT2D eigenvalue weighted by Gasteiger charge is -2.24. The lowest BCUT2D eigenvalue weighted by atomic mass is 10.0. The van der Waals surface area contributed by atoms with Gasteiger partial charge in [0.05, 0.1) is 27.7 Å². The first kappa shape index (κ1) is 85.9. The highest BCUT2D eigenvalue weighted by molar-refractivity contribution is 7.47. The molecule has 0 aromatic carbocycles. The predicted octanol–water partition coefficient (Wildman–Crippen LogP) is 24.2. The molecule has 0 bridgehead atoms. The molecule has 0 fully saturated rings. The summed E-state index contributed by atoms with van der Waals surface area (Å²) in [5, 5.41) is 0. The van der Waals surface area contributed by atoms with Gasteiger partial charge in [0.15, 0.2) is 6.10 Å². The molecule has 0 spiro atoms. The topological polar surface area (TPSA) is 108 Å². The van der Waals surface area contributed by atoms with Crippen molar-refractivity contribution < 1.29 is 42.1 Å². The first-order valence-electron chi connectivity index (χ1n) is 36.6. The Bertz CT molecular complexity index is 2030. The minimum Gasteiger partial charge on any atom is -0.462 e. The molecule has 0 aliphatic heterocycles. The fraction of sp³-hybridized carbons (Fsp3) is 0.675. The number of rotatable bonds is 66. The summed E-state index contributed by atoms with van der Waals surface area (Å²) >= 11 is 0. The Morgan fingerprint density at radius 3 is 0.944 bits per heavy atom. The zero-order valence-corrected chi connectivity index (χ0v) is 59.5. The van der Waals surface area contributed by atoms with Crippen molar-refractivity contribution in [3.8, 4) is 0 Å². The number of hydrogen-bond acceptors (Lipinski definition) is 7. The van der Waals surface area contributed by atoms with Gasteiger partial charge < -0.3 is 18.9 Å². The average molecular weight is 1270 g/mol. The largest absolute Gasteiger partial charge is 0.472 e. The van der Waals surface area contributed by atoms with Gasteiger partial charge in [-0.3, -0.25) is 18.6 Å². The molecule has 0 heterocycles. The zero-order chi connectivity index (χ0) is 65.5. The normalized spacial score (nSPS) is 14.0. The van der Waals surface area contributed by atoms with Gasteiger partial charge in [-0.2, -0.15) is 0 Å². The van der Waals surface area contributed by atoms with Gasteiger partial charge in [-0.05, 0) is 122 Å². The first-order valence-corrected chi connectivity index (χ1v) is 38.1. The van der Waals surface area contributed by atoms with Crippen LogP contribution in [-0.4, -0.2) is 74.9 Å². The fourth-order valence-corrected chi connectivity index (χ4v) is 10.5. The summed E-state index contributed by atoms with van der Waals surface area (Å²) in [5.74, 6) is -0.812. The molecule has 90 heavy (non-hydrogen) atoms. The number of unbranched alkanes of at least 4 members (excludes halogenated alkanes) is 28. The Kier molecular flexibility index (Phi) is 66.1. The molecule has 10 heteroatoms. The molecule has 0 aliphatic carbocycles. The molecule has 0 aliphatic rings. The lowest BCUT2D eigenvalue weighted by Crippen LogP contribution is -2.37. The number of carbonyl (C=O) groups excluding carboxylic acids is 2. The number of esters is 2. The molecule has 0 saturated carbocycles. The van der Waals surface area contributed by atoms with Gasteiger partial charge in [-0.1, -0.05) is 307 Å². The Hall–Kier alpha value is -4.11. The number of hydrogen-bond donors (Lipinski definition) is 1. The van der Waals surface area contributed by atoms with Gasteiger partial charge in [-0.25, -0.2) is 4.57 Å². The molecule has 0 aromatic rings. The van der Waals surface area contributed by atoms with Crippen molar-refractivity contribution in [1.82, 2.24) is 0 Å². The van der Waals surface area contributed by atoms with E-state index in [0.29, 0.717) is 17.4 Å². The number of phosphoric acid groups is 1. The van der Waals surface area contributed by atoms with Crippen molar-refractivity contribution in [2.75, 3.05) is 47.5 Å². The van der Waals surface area contributed by atoms with E-state index in [9.17, 15) is 19.0 Å². The van der Waals surface area contributed by atoms with Crippen molar-refractivity contribution in [1.29, 1.82) is 0 Å². The summed E-state index contributed by atoms with van der Waals surface area (Å²) in [6.45, 7) is 4.30. The van der Waals surface area contributed by atoms with Crippen LogP contribution < -0.4 is 0 Å². The van der Waals surface area contributed by atoms with E-state index >= 15 is 0 Å². The monoisotopic (exact) mass is 1270 g/mol. The molecule has 514 valence electrons. The van der Waals surface area contributed by atoms with E-state index in [0.717, 1.165) is 116 Å². The van der Waals surface area contributed by atoms with Crippen molar-refractivity contribution in [2.45, 2.75) is 302 Å². The van der Waals surface area contributed by atoms with Crippen LogP contribution in [0.2, 0.25) is 0 Å². The number of carbonyl (C=O) groups is 2. The maximum absolute atomic E-state index is 12.9. The third-order valence-electron chi connectivity index (χ3n) is 15.4. The summed E-state index contributed by atoms with van der Waals surface area (Å²) in [6, 6.07) is 0. The maximum atomic E-state index is 12.9. The van der Waals surface area contributed by atoms with E-state index in [1.807, 2.05) is 21.1 Å². The highest BCUT2D eigenvalue weighted by Gasteiger charge is 2.27. The van der Waals surface area contributed by atoms with Gasteiger partial charge in [0, 0.05) is 12.8 Å². The standard InChI is InChI=1S/C80H136NO8P/c1-6-8-10-12-14-16-18-20-22-24-26-28-30-32-34-36-38-39-40-41-43-45-47-49-51-53-55-57-59-61-63-65-67-69-71-73-80(83)89-78(77-88-90(84,85)87-75-74-81(3,4)5)76-86-79(82)72-70-68-66-64-62-60-58-56-54-52-50-48-46-44-42-37-35-33-31-29-27-25-23-21-19-17-15-13-11-9-7-2/h8,10,14,16,19-22,25-28,31-34,38-39,41,43,47,49,53,55,78H,6-7,9,11-13,15,17-18,23-24,29-30,35-37,40,42,44-46,48,50-52,54,56-77H2,1-5H3/p+1/b10-8-,16-14-,21-19-,22-20-,27-25-,28-26-,33-31-,34-32-,39-38-,43-41-,49-47-,55-53-. The molecular formula is C80H137NO8P+. The van der Waals surface area contributed by atoms with Crippen LogP contribution in [0, 0.1) is 0 Å². The Labute approximate surface area is 554 Å². The molecule has 9 nitrogen and oxygen atoms in total. The average Bonchev–Trinajstić information content (AvgIpc) is 3.61. The number of quaternary nitrogens is 1. The van der Waals surface area contributed by atoms with Crippen LogP contribution in [0.5, 0.6) is 0 Å². The smallest absolute Gasteiger partial charge is 0.462 e. The van der Waals surface area contributed by atoms with Crippen molar-refractivity contribution >= 4 is 19.8 Å². The van der Waals surface area contributed by atoms with Gasteiger partial charge in [0.1, 0.15) is 19.8 Å². The summed E-state index contributed by atoms with van der Waals surface area (Å²) < 4.78 is 34.7. The van der Waals surface area contributed by atoms with Crippen LogP contribution in [0.4, 0.5) is 0 Å². The minimum absolute atomic E-state index is 0.0228. The number of likely N-dealkylation sites (N-methyl/N-ethyl adjacent to an activating group) is 1. The van der Waals surface area contributed by atoms with E-state index in [4.69, 9.17) is 18.5 Å². The molecule has 2 unspecified atom stereocenters.